The van der Waals surface area contributed by atoms with Gasteiger partial charge in [-0.15, -0.1) is 0 Å². The molecule has 0 spiro atoms. The van der Waals surface area contributed by atoms with Crippen molar-refractivity contribution in [2.45, 2.75) is 26.3 Å². The van der Waals surface area contributed by atoms with Crippen LogP contribution in [-0.4, -0.2) is 36.5 Å². The van der Waals surface area contributed by atoms with E-state index in [2.05, 4.69) is 16.4 Å². The lowest BCUT2D eigenvalue weighted by molar-refractivity contribution is 0.170. The number of aryl methyl sites for hydroxylation is 2. The first-order chi connectivity index (χ1) is 8.62. The molecule has 0 fully saturated rings. The highest BCUT2D eigenvalue weighted by atomic mass is 16.5. The van der Waals surface area contributed by atoms with Crippen LogP contribution in [0.3, 0.4) is 0 Å². The smallest absolute Gasteiger partial charge is 0.103 e. The number of aliphatic hydroxyl groups excluding tert-OH is 1. The van der Waals surface area contributed by atoms with Gasteiger partial charge in [0.15, 0.2) is 0 Å². The molecule has 98 valence electrons. The summed E-state index contributed by atoms with van der Waals surface area (Å²) in [7, 11) is 1.61. The zero-order valence-corrected chi connectivity index (χ0v) is 11.0. The zero-order chi connectivity index (χ0) is 13.5. The van der Waals surface area contributed by atoms with E-state index in [0.29, 0.717) is 24.3 Å². The predicted molar refractivity (Wildman–Crippen MR) is 69.4 cm³/mol. The second-order valence-electron chi connectivity index (χ2n) is 4.19. The second kappa shape index (κ2) is 6.94. The second-order valence-corrected chi connectivity index (χ2v) is 4.19. The third kappa shape index (κ3) is 3.69. The number of nitrogens with one attached hydrogen (secondary N) is 1. The normalized spacial score (nSPS) is 11.9. The van der Waals surface area contributed by atoms with Crippen molar-refractivity contribution < 1.29 is 9.84 Å². The van der Waals surface area contributed by atoms with E-state index >= 15 is 0 Å². The average Bonchev–Trinajstić information content (AvgIpc) is 2.29. The van der Waals surface area contributed by atoms with Crippen LogP contribution in [0.2, 0.25) is 0 Å². The Hall–Kier alpha value is -1.64. The van der Waals surface area contributed by atoms with Crippen LogP contribution >= 0.6 is 0 Å². The first-order valence-electron chi connectivity index (χ1n) is 5.87. The largest absolute Gasteiger partial charge is 0.396 e. The minimum atomic E-state index is -0.0201. The maximum atomic E-state index is 9.15. The Morgan fingerprint density at radius 3 is 2.83 bits per heavy atom. The van der Waals surface area contributed by atoms with Gasteiger partial charge in [-0.1, -0.05) is 0 Å². The highest BCUT2D eigenvalue weighted by molar-refractivity contribution is 5.60. The number of aliphatic hydroxyl groups is 1. The average molecular weight is 249 g/mol. The number of hydrogen-bond acceptors (Lipinski definition) is 5. The van der Waals surface area contributed by atoms with E-state index in [-0.39, 0.29) is 12.6 Å². The maximum absolute atomic E-state index is 9.15. The highest BCUT2D eigenvalue weighted by Gasteiger charge is 2.13. The maximum Gasteiger partial charge on any atom is 0.103 e. The third-order valence-corrected chi connectivity index (χ3v) is 2.65. The summed E-state index contributed by atoms with van der Waals surface area (Å²) >= 11 is 0. The molecule has 0 amide bonds. The van der Waals surface area contributed by atoms with Crippen LogP contribution in [0.5, 0.6) is 0 Å². The minimum Gasteiger partial charge on any atom is -0.396 e. The number of ether oxygens (including phenoxy) is 1. The molecule has 0 saturated carbocycles. The number of rotatable bonds is 6. The van der Waals surface area contributed by atoms with E-state index in [1.165, 1.54) is 0 Å². The molecule has 1 atom stereocenters. The molecule has 1 unspecified atom stereocenters. The van der Waals surface area contributed by atoms with Gasteiger partial charge in [-0.25, -0.2) is 0 Å². The van der Waals surface area contributed by atoms with E-state index in [9.17, 15) is 0 Å². The summed E-state index contributed by atoms with van der Waals surface area (Å²) in [6.45, 7) is 4.25. The summed E-state index contributed by atoms with van der Waals surface area (Å²) in [5, 5.41) is 21.4. The molecular formula is C13H19N3O2. The van der Waals surface area contributed by atoms with Gasteiger partial charge in [-0.2, -0.15) is 5.26 Å². The van der Waals surface area contributed by atoms with Crippen LogP contribution in [0.1, 0.15) is 23.4 Å². The van der Waals surface area contributed by atoms with Crippen LogP contribution in [0.4, 0.5) is 5.69 Å². The lowest BCUT2D eigenvalue weighted by Crippen LogP contribution is -2.26. The highest BCUT2D eigenvalue weighted by Crippen LogP contribution is 2.20. The Morgan fingerprint density at radius 2 is 2.28 bits per heavy atom. The van der Waals surface area contributed by atoms with E-state index in [1.807, 2.05) is 19.9 Å². The summed E-state index contributed by atoms with van der Waals surface area (Å²) in [6, 6.07) is 3.97. The van der Waals surface area contributed by atoms with E-state index in [0.717, 1.165) is 11.4 Å². The van der Waals surface area contributed by atoms with Crippen LogP contribution < -0.4 is 5.32 Å². The quantitative estimate of drug-likeness (QED) is 0.796. The molecule has 0 saturated heterocycles. The van der Waals surface area contributed by atoms with Crippen LogP contribution in [0.25, 0.3) is 0 Å². The number of hydrogen-bond donors (Lipinski definition) is 2. The number of nitrogens with zero attached hydrogens (tertiary/aromatic N) is 2. The molecule has 0 aliphatic carbocycles. The molecule has 18 heavy (non-hydrogen) atoms. The van der Waals surface area contributed by atoms with Gasteiger partial charge in [-0.05, 0) is 26.3 Å². The van der Waals surface area contributed by atoms with Crippen molar-refractivity contribution in [3.63, 3.8) is 0 Å². The molecule has 5 nitrogen and oxygen atoms in total. The molecule has 2 N–H and O–H groups in total. The van der Waals surface area contributed by atoms with Gasteiger partial charge in [-0.3, -0.25) is 4.98 Å². The predicted octanol–water partition coefficient (Wildman–Crippen LogP) is 1.38. The van der Waals surface area contributed by atoms with Crippen molar-refractivity contribution in [1.82, 2.24) is 4.98 Å². The van der Waals surface area contributed by atoms with Gasteiger partial charge >= 0.3 is 0 Å². The summed E-state index contributed by atoms with van der Waals surface area (Å²) in [4.78, 5) is 4.26. The Balaban J connectivity index is 2.97. The molecule has 1 rings (SSSR count). The Kier molecular flexibility index (Phi) is 5.56. The Bertz CT molecular complexity index is 435. The van der Waals surface area contributed by atoms with Gasteiger partial charge < -0.3 is 15.2 Å². The summed E-state index contributed by atoms with van der Waals surface area (Å²) in [5.41, 5.74) is 2.85. The molecule has 5 heteroatoms. The van der Waals surface area contributed by atoms with Crippen molar-refractivity contribution in [2.75, 3.05) is 25.6 Å². The fourth-order valence-electron chi connectivity index (χ4n) is 1.86. The molecular weight excluding hydrogens is 230 g/mol. The third-order valence-electron chi connectivity index (χ3n) is 2.65. The lowest BCUT2D eigenvalue weighted by atomic mass is 10.1. The molecule has 1 aromatic heterocycles. The van der Waals surface area contributed by atoms with Crippen molar-refractivity contribution >= 4 is 5.69 Å². The number of aromatic nitrogens is 1. The topological polar surface area (TPSA) is 78.2 Å². The number of anilines is 1. The standard InChI is InChI=1S/C13H19N3O2/c1-9-6-13(12(7-14)10(2)15-9)16-11(4-5-17)8-18-3/h6,11,17H,4-5,8H2,1-3H3,(H,15,16). The molecule has 0 aromatic carbocycles. The van der Waals surface area contributed by atoms with Crippen LogP contribution in [-0.2, 0) is 4.74 Å². The first kappa shape index (κ1) is 14.4. The molecule has 0 aliphatic rings. The first-order valence-corrected chi connectivity index (χ1v) is 5.87. The summed E-state index contributed by atoms with van der Waals surface area (Å²) in [5.74, 6) is 0. The van der Waals surface area contributed by atoms with Crippen LogP contribution in [0.15, 0.2) is 6.07 Å². The van der Waals surface area contributed by atoms with Crippen LogP contribution in [0, 0.1) is 25.2 Å². The van der Waals surface area contributed by atoms with Crippen molar-refractivity contribution in [3.8, 4) is 6.07 Å². The molecule has 0 radical (unpaired) electrons. The Morgan fingerprint density at radius 1 is 1.56 bits per heavy atom. The molecule has 1 heterocycles. The molecule has 1 aromatic rings. The number of nitriles is 1. The summed E-state index contributed by atoms with van der Waals surface area (Å²) < 4.78 is 5.09. The van der Waals surface area contributed by atoms with Gasteiger partial charge in [0.05, 0.1) is 29.6 Å². The SMILES string of the molecule is COCC(CCO)Nc1cc(C)nc(C)c1C#N. The number of pyridine rings is 1. The fraction of sp³-hybridized carbons (Fsp3) is 0.538. The van der Waals surface area contributed by atoms with E-state index in [1.54, 1.807) is 7.11 Å². The fourth-order valence-corrected chi connectivity index (χ4v) is 1.86. The van der Waals surface area contributed by atoms with E-state index in [4.69, 9.17) is 15.1 Å². The van der Waals surface area contributed by atoms with Gasteiger partial charge in [0.1, 0.15) is 6.07 Å². The van der Waals surface area contributed by atoms with E-state index < -0.39 is 0 Å². The van der Waals surface area contributed by atoms with Crippen molar-refractivity contribution in [3.05, 3.63) is 23.0 Å². The monoisotopic (exact) mass is 249 g/mol. The van der Waals surface area contributed by atoms with Crippen molar-refractivity contribution in [1.29, 1.82) is 5.26 Å². The number of methoxy groups -OCH3 is 1. The molecule has 0 aliphatic heterocycles. The zero-order valence-electron chi connectivity index (χ0n) is 11.0. The lowest BCUT2D eigenvalue weighted by Gasteiger charge is -2.19. The van der Waals surface area contributed by atoms with Gasteiger partial charge in [0, 0.05) is 19.4 Å². The summed E-state index contributed by atoms with van der Waals surface area (Å²) in [6.07, 6.45) is 0.569. The molecule has 0 bridgehead atoms. The van der Waals surface area contributed by atoms with Gasteiger partial charge in [0.25, 0.3) is 0 Å². The van der Waals surface area contributed by atoms with Gasteiger partial charge in [0.2, 0.25) is 0 Å². The van der Waals surface area contributed by atoms with Crippen molar-refractivity contribution in [2.24, 2.45) is 0 Å². The Labute approximate surface area is 107 Å². The minimum absolute atomic E-state index is 0.0201.